The van der Waals surface area contributed by atoms with Gasteiger partial charge in [-0.25, -0.2) is 9.18 Å². The molecular formula is C11H6ClFN2O3. The molecule has 0 aliphatic carbocycles. The maximum atomic E-state index is 13.6. The quantitative estimate of drug-likeness (QED) is 0.927. The van der Waals surface area contributed by atoms with E-state index in [1.54, 1.807) is 0 Å². The topological polar surface area (TPSA) is 72.3 Å². The van der Waals surface area contributed by atoms with Crippen LogP contribution in [0, 0.1) is 5.82 Å². The van der Waals surface area contributed by atoms with Crippen LogP contribution in [0.1, 0.15) is 10.4 Å². The fourth-order valence-electron chi connectivity index (χ4n) is 1.22. The van der Waals surface area contributed by atoms with Crippen LogP contribution in [0.2, 0.25) is 5.02 Å². The summed E-state index contributed by atoms with van der Waals surface area (Å²) in [6.45, 7) is 0. The van der Waals surface area contributed by atoms with Gasteiger partial charge in [0.05, 0.1) is 11.2 Å². The molecule has 0 bridgehead atoms. The molecular weight excluding hydrogens is 263 g/mol. The minimum absolute atomic E-state index is 0.131. The SMILES string of the molecule is O=C(O)c1ccnnc1Oc1cccc(Cl)c1F. The van der Waals surface area contributed by atoms with E-state index in [0.717, 1.165) is 0 Å². The third kappa shape index (κ3) is 2.38. The van der Waals surface area contributed by atoms with E-state index in [0.29, 0.717) is 0 Å². The highest BCUT2D eigenvalue weighted by Gasteiger charge is 2.16. The minimum Gasteiger partial charge on any atom is -0.477 e. The smallest absolute Gasteiger partial charge is 0.341 e. The first-order valence-electron chi connectivity index (χ1n) is 4.76. The molecule has 1 aromatic carbocycles. The highest BCUT2D eigenvalue weighted by atomic mass is 35.5. The Kier molecular flexibility index (Phi) is 3.38. The number of hydrogen-bond acceptors (Lipinski definition) is 4. The van der Waals surface area contributed by atoms with Gasteiger partial charge in [-0.1, -0.05) is 17.7 Å². The Hall–Kier alpha value is -2.21. The van der Waals surface area contributed by atoms with E-state index in [4.69, 9.17) is 21.4 Å². The molecule has 0 spiro atoms. The number of aromatic carboxylic acids is 1. The Morgan fingerprint density at radius 3 is 2.89 bits per heavy atom. The van der Waals surface area contributed by atoms with E-state index < -0.39 is 11.8 Å². The molecule has 92 valence electrons. The van der Waals surface area contributed by atoms with E-state index in [2.05, 4.69) is 10.2 Å². The second-order valence-corrected chi connectivity index (χ2v) is 3.62. The second-order valence-electron chi connectivity index (χ2n) is 3.21. The molecule has 2 rings (SSSR count). The molecule has 0 radical (unpaired) electrons. The standard InChI is InChI=1S/C11H6ClFN2O3/c12-7-2-1-3-8(9(7)13)18-10-6(11(16)17)4-5-14-15-10/h1-5H,(H,16,17). The maximum absolute atomic E-state index is 13.6. The van der Waals surface area contributed by atoms with Gasteiger partial charge in [0.1, 0.15) is 5.56 Å². The van der Waals surface area contributed by atoms with Gasteiger partial charge in [0, 0.05) is 0 Å². The highest BCUT2D eigenvalue weighted by molar-refractivity contribution is 6.30. The second kappa shape index (κ2) is 4.97. The molecule has 2 aromatic rings. The van der Waals surface area contributed by atoms with Gasteiger partial charge in [-0.2, -0.15) is 5.10 Å². The fourth-order valence-corrected chi connectivity index (χ4v) is 1.39. The van der Waals surface area contributed by atoms with E-state index in [1.165, 1.54) is 30.5 Å². The van der Waals surface area contributed by atoms with Crippen molar-refractivity contribution in [3.63, 3.8) is 0 Å². The number of ether oxygens (including phenoxy) is 1. The minimum atomic E-state index is -1.25. The summed E-state index contributed by atoms with van der Waals surface area (Å²) in [4.78, 5) is 10.9. The van der Waals surface area contributed by atoms with Gasteiger partial charge in [-0.05, 0) is 18.2 Å². The van der Waals surface area contributed by atoms with Gasteiger partial charge in [0.2, 0.25) is 0 Å². The maximum Gasteiger partial charge on any atom is 0.341 e. The first kappa shape index (κ1) is 12.3. The zero-order valence-corrected chi connectivity index (χ0v) is 9.56. The Morgan fingerprint density at radius 2 is 2.17 bits per heavy atom. The van der Waals surface area contributed by atoms with Crippen LogP contribution in [0.4, 0.5) is 4.39 Å². The molecule has 0 amide bonds. The largest absolute Gasteiger partial charge is 0.477 e. The predicted molar refractivity (Wildman–Crippen MR) is 60.5 cm³/mol. The Bertz CT molecular complexity index is 607. The van der Waals surface area contributed by atoms with Crippen LogP contribution in [0.15, 0.2) is 30.5 Å². The van der Waals surface area contributed by atoms with Crippen LogP contribution < -0.4 is 4.74 Å². The highest BCUT2D eigenvalue weighted by Crippen LogP contribution is 2.28. The summed E-state index contributed by atoms with van der Waals surface area (Å²) in [7, 11) is 0. The molecule has 0 saturated heterocycles. The number of benzene rings is 1. The van der Waals surface area contributed by atoms with E-state index in [-0.39, 0.29) is 22.2 Å². The molecule has 0 unspecified atom stereocenters. The summed E-state index contributed by atoms with van der Waals surface area (Å²) in [6.07, 6.45) is 1.20. The summed E-state index contributed by atoms with van der Waals surface area (Å²) in [6, 6.07) is 5.32. The summed E-state index contributed by atoms with van der Waals surface area (Å²) in [5, 5.41) is 15.8. The van der Waals surface area contributed by atoms with Gasteiger partial charge in [0.15, 0.2) is 11.6 Å². The average Bonchev–Trinajstić information content (AvgIpc) is 2.35. The molecule has 5 nitrogen and oxygen atoms in total. The number of hydrogen-bond donors (Lipinski definition) is 1. The van der Waals surface area contributed by atoms with Gasteiger partial charge >= 0.3 is 5.97 Å². The van der Waals surface area contributed by atoms with Crippen LogP contribution in [0.5, 0.6) is 11.6 Å². The number of rotatable bonds is 3. The first-order valence-corrected chi connectivity index (χ1v) is 5.14. The van der Waals surface area contributed by atoms with Crippen molar-refractivity contribution in [1.29, 1.82) is 0 Å². The fraction of sp³-hybridized carbons (Fsp3) is 0. The van der Waals surface area contributed by atoms with Crippen molar-refractivity contribution >= 4 is 17.6 Å². The summed E-state index contributed by atoms with van der Waals surface area (Å²) < 4.78 is 18.6. The van der Waals surface area contributed by atoms with E-state index in [9.17, 15) is 9.18 Å². The van der Waals surface area contributed by atoms with Crippen molar-refractivity contribution in [3.05, 3.63) is 46.9 Å². The van der Waals surface area contributed by atoms with Crippen molar-refractivity contribution in [1.82, 2.24) is 10.2 Å². The number of carboxylic acid groups (broad SMARTS) is 1. The third-order valence-corrected chi connectivity index (χ3v) is 2.33. The van der Waals surface area contributed by atoms with Crippen LogP contribution in [-0.4, -0.2) is 21.3 Å². The lowest BCUT2D eigenvalue weighted by molar-refractivity contribution is 0.0693. The van der Waals surface area contributed by atoms with Crippen molar-refractivity contribution in [3.8, 4) is 11.6 Å². The molecule has 0 fully saturated rings. The van der Waals surface area contributed by atoms with Crippen LogP contribution in [0.25, 0.3) is 0 Å². The molecule has 0 aliphatic rings. The van der Waals surface area contributed by atoms with E-state index >= 15 is 0 Å². The zero-order chi connectivity index (χ0) is 13.1. The van der Waals surface area contributed by atoms with Gasteiger partial charge in [-0.3, -0.25) is 0 Å². The van der Waals surface area contributed by atoms with E-state index in [1.807, 2.05) is 0 Å². The molecule has 18 heavy (non-hydrogen) atoms. The molecule has 0 saturated carbocycles. The lowest BCUT2D eigenvalue weighted by Crippen LogP contribution is -2.03. The first-order chi connectivity index (χ1) is 8.59. The predicted octanol–water partition coefficient (Wildman–Crippen LogP) is 2.76. The average molecular weight is 269 g/mol. The van der Waals surface area contributed by atoms with Crippen LogP contribution >= 0.6 is 11.6 Å². The molecule has 1 N–H and O–H groups in total. The number of aromatic nitrogens is 2. The molecule has 1 heterocycles. The summed E-state index contributed by atoms with van der Waals surface area (Å²) in [5.74, 6) is -2.56. The molecule has 7 heteroatoms. The van der Waals surface area contributed by atoms with Gasteiger partial charge in [0.25, 0.3) is 5.88 Å². The van der Waals surface area contributed by atoms with Crippen LogP contribution in [0.3, 0.4) is 0 Å². The third-order valence-electron chi connectivity index (χ3n) is 2.04. The van der Waals surface area contributed by atoms with Crippen molar-refractivity contribution in [2.24, 2.45) is 0 Å². The number of nitrogens with zero attached hydrogens (tertiary/aromatic N) is 2. The normalized spacial score (nSPS) is 10.1. The molecule has 1 aromatic heterocycles. The summed E-state index contributed by atoms with van der Waals surface area (Å²) in [5.41, 5.74) is -0.218. The van der Waals surface area contributed by atoms with Crippen molar-refractivity contribution < 1.29 is 19.0 Å². The Morgan fingerprint density at radius 1 is 1.39 bits per heavy atom. The number of carbonyl (C=O) groups is 1. The number of halogens is 2. The summed E-state index contributed by atoms with van der Waals surface area (Å²) >= 11 is 5.58. The Balaban J connectivity index is 2.40. The van der Waals surface area contributed by atoms with Gasteiger partial charge in [-0.15, -0.1) is 5.10 Å². The molecule has 0 atom stereocenters. The van der Waals surface area contributed by atoms with Crippen molar-refractivity contribution in [2.75, 3.05) is 0 Å². The number of carboxylic acids is 1. The van der Waals surface area contributed by atoms with Crippen molar-refractivity contribution in [2.45, 2.75) is 0 Å². The lowest BCUT2D eigenvalue weighted by atomic mass is 10.3. The monoisotopic (exact) mass is 268 g/mol. The zero-order valence-electron chi connectivity index (χ0n) is 8.80. The lowest BCUT2D eigenvalue weighted by Gasteiger charge is -2.07. The van der Waals surface area contributed by atoms with Crippen LogP contribution in [-0.2, 0) is 0 Å². The van der Waals surface area contributed by atoms with Gasteiger partial charge < -0.3 is 9.84 Å². The molecule has 0 aliphatic heterocycles. The Labute approximate surface area is 106 Å².